The lowest BCUT2D eigenvalue weighted by Gasteiger charge is -2.54. The number of rotatable bonds is 7. The summed E-state index contributed by atoms with van der Waals surface area (Å²) in [7, 11) is 0. The van der Waals surface area contributed by atoms with Crippen molar-refractivity contribution in [2.45, 2.75) is 77.1 Å². The van der Waals surface area contributed by atoms with Gasteiger partial charge in [0.1, 0.15) is 6.10 Å². The summed E-state index contributed by atoms with van der Waals surface area (Å²) in [6, 6.07) is -0.155. The first-order valence-electron chi connectivity index (χ1n) is 7.98. The highest BCUT2D eigenvalue weighted by molar-refractivity contribution is 5.24. The van der Waals surface area contributed by atoms with Gasteiger partial charge in [0.15, 0.2) is 0 Å². The lowest BCUT2D eigenvalue weighted by Crippen LogP contribution is -2.63. The fourth-order valence-corrected chi connectivity index (χ4v) is 3.41. The van der Waals surface area contributed by atoms with E-state index in [-0.39, 0.29) is 23.2 Å². The minimum atomic E-state index is -0.254. The summed E-state index contributed by atoms with van der Waals surface area (Å²) in [4.78, 5) is 17.4. The van der Waals surface area contributed by atoms with Crippen molar-refractivity contribution in [3.05, 3.63) is 41.9 Å². The van der Waals surface area contributed by atoms with Crippen molar-refractivity contribution in [2.75, 3.05) is 0 Å². The van der Waals surface area contributed by atoms with Gasteiger partial charge in [-0.15, -0.1) is 0 Å². The second-order valence-corrected chi connectivity index (χ2v) is 6.98. The van der Waals surface area contributed by atoms with E-state index in [0.29, 0.717) is 6.42 Å². The standard InChI is InChI=1S/C18H30N2O2/c1-8-11-15(9-2)14(4)22-20-17(5,6)12-16(19-21)13-18(20,7)10-3/h8-9,11,14,16H,1-2,10,12-13H2,3-7H3/b15-11+. The van der Waals surface area contributed by atoms with Crippen molar-refractivity contribution in [3.8, 4) is 0 Å². The number of nitrogens with zero attached hydrogens (tertiary/aromatic N) is 2. The van der Waals surface area contributed by atoms with Crippen LogP contribution in [-0.2, 0) is 4.84 Å². The fraction of sp³-hybridized carbons (Fsp3) is 0.667. The molecule has 1 heterocycles. The van der Waals surface area contributed by atoms with E-state index < -0.39 is 0 Å². The van der Waals surface area contributed by atoms with Gasteiger partial charge in [0.05, 0.1) is 6.04 Å². The molecule has 0 N–H and O–H groups in total. The first-order valence-corrected chi connectivity index (χ1v) is 7.98. The van der Waals surface area contributed by atoms with E-state index in [1.165, 1.54) is 0 Å². The van der Waals surface area contributed by atoms with Gasteiger partial charge < -0.3 is 0 Å². The average molecular weight is 306 g/mol. The van der Waals surface area contributed by atoms with E-state index in [0.717, 1.165) is 18.4 Å². The van der Waals surface area contributed by atoms with Crippen LogP contribution in [-0.4, -0.2) is 28.3 Å². The van der Waals surface area contributed by atoms with Crippen LogP contribution < -0.4 is 0 Å². The van der Waals surface area contributed by atoms with Crippen LogP contribution in [0.2, 0.25) is 0 Å². The number of allylic oxidation sites excluding steroid dienone is 2. The Morgan fingerprint density at radius 2 is 2.05 bits per heavy atom. The summed E-state index contributed by atoms with van der Waals surface area (Å²) in [5, 5.41) is 5.38. The van der Waals surface area contributed by atoms with Crippen LogP contribution in [0.3, 0.4) is 0 Å². The molecule has 1 aliphatic rings. The average Bonchev–Trinajstić information content (AvgIpc) is 2.47. The predicted octanol–water partition coefficient (Wildman–Crippen LogP) is 4.78. The summed E-state index contributed by atoms with van der Waals surface area (Å²) in [6.07, 6.45) is 7.63. The Morgan fingerprint density at radius 3 is 2.50 bits per heavy atom. The van der Waals surface area contributed by atoms with E-state index >= 15 is 0 Å². The topological polar surface area (TPSA) is 41.9 Å². The lowest BCUT2D eigenvalue weighted by atomic mass is 9.77. The summed E-state index contributed by atoms with van der Waals surface area (Å²) in [5.74, 6) is 0. The highest BCUT2D eigenvalue weighted by atomic mass is 16.7. The van der Waals surface area contributed by atoms with Crippen LogP contribution in [0.15, 0.2) is 42.1 Å². The van der Waals surface area contributed by atoms with Crippen LogP contribution in [0.1, 0.15) is 53.9 Å². The molecule has 1 saturated heterocycles. The van der Waals surface area contributed by atoms with E-state index in [1.807, 2.05) is 13.0 Å². The molecule has 0 aliphatic carbocycles. The Morgan fingerprint density at radius 1 is 1.41 bits per heavy atom. The number of piperidine rings is 1. The summed E-state index contributed by atoms with van der Waals surface area (Å²) >= 11 is 0. The smallest absolute Gasteiger partial charge is 0.101 e. The van der Waals surface area contributed by atoms with Crippen molar-refractivity contribution in [1.29, 1.82) is 0 Å². The van der Waals surface area contributed by atoms with Crippen LogP contribution in [0.4, 0.5) is 0 Å². The molecular formula is C18H30N2O2. The molecule has 0 aromatic rings. The molecule has 3 atom stereocenters. The Bertz CT molecular complexity index is 456. The van der Waals surface area contributed by atoms with Crippen molar-refractivity contribution in [1.82, 2.24) is 5.06 Å². The molecule has 1 rings (SSSR count). The zero-order valence-electron chi connectivity index (χ0n) is 14.6. The maximum absolute atomic E-state index is 11.1. The van der Waals surface area contributed by atoms with Gasteiger partial charge in [-0.2, -0.15) is 9.97 Å². The maximum Gasteiger partial charge on any atom is 0.101 e. The monoisotopic (exact) mass is 306 g/mol. The molecule has 3 unspecified atom stereocenters. The number of hydrogen-bond donors (Lipinski definition) is 0. The van der Waals surface area contributed by atoms with Crippen molar-refractivity contribution < 1.29 is 4.84 Å². The molecule has 0 aromatic heterocycles. The van der Waals surface area contributed by atoms with Crippen LogP contribution in [0.25, 0.3) is 0 Å². The minimum absolute atomic E-state index is 0.124. The molecule has 124 valence electrons. The normalized spacial score (nSPS) is 30.6. The molecule has 0 bridgehead atoms. The quantitative estimate of drug-likeness (QED) is 0.502. The zero-order valence-corrected chi connectivity index (χ0v) is 14.6. The Labute approximate surface area is 134 Å². The van der Waals surface area contributed by atoms with Gasteiger partial charge >= 0.3 is 0 Å². The Balaban J connectivity index is 3.07. The third-order valence-electron chi connectivity index (χ3n) is 4.64. The first-order chi connectivity index (χ1) is 10.2. The van der Waals surface area contributed by atoms with Crippen LogP contribution in [0, 0.1) is 4.91 Å². The molecule has 4 nitrogen and oxygen atoms in total. The van der Waals surface area contributed by atoms with Crippen molar-refractivity contribution in [2.24, 2.45) is 5.18 Å². The Hall–Kier alpha value is -1.26. The van der Waals surface area contributed by atoms with Crippen LogP contribution >= 0.6 is 0 Å². The second-order valence-electron chi connectivity index (χ2n) is 6.98. The summed E-state index contributed by atoms with van der Waals surface area (Å²) in [5.41, 5.74) is 0.519. The maximum atomic E-state index is 11.1. The second kappa shape index (κ2) is 7.34. The number of nitroso groups, excluding NO2 is 1. The van der Waals surface area contributed by atoms with Crippen LogP contribution in [0.5, 0.6) is 0 Å². The molecule has 4 heteroatoms. The largest absolute Gasteiger partial charge is 0.290 e. The molecule has 0 amide bonds. The minimum Gasteiger partial charge on any atom is -0.290 e. The highest BCUT2D eigenvalue weighted by Gasteiger charge is 2.49. The van der Waals surface area contributed by atoms with Gasteiger partial charge in [0, 0.05) is 11.1 Å². The predicted molar refractivity (Wildman–Crippen MR) is 92.5 cm³/mol. The third kappa shape index (κ3) is 3.93. The van der Waals surface area contributed by atoms with Gasteiger partial charge in [-0.3, -0.25) is 4.84 Å². The lowest BCUT2D eigenvalue weighted by molar-refractivity contribution is -0.301. The van der Waals surface area contributed by atoms with E-state index in [2.05, 4.69) is 51.1 Å². The van der Waals surface area contributed by atoms with E-state index in [1.54, 1.807) is 12.2 Å². The summed E-state index contributed by atoms with van der Waals surface area (Å²) < 4.78 is 0. The van der Waals surface area contributed by atoms with E-state index in [4.69, 9.17) is 4.84 Å². The molecule has 0 aromatic carbocycles. The molecule has 22 heavy (non-hydrogen) atoms. The van der Waals surface area contributed by atoms with Gasteiger partial charge in [0.25, 0.3) is 0 Å². The molecule has 0 spiro atoms. The summed E-state index contributed by atoms with van der Waals surface area (Å²) in [6.45, 7) is 18.1. The zero-order chi connectivity index (χ0) is 17.0. The van der Waals surface area contributed by atoms with E-state index in [9.17, 15) is 4.91 Å². The van der Waals surface area contributed by atoms with Gasteiger partial charge in [0.2, 0.25) is 0 Å². The molecule has 1 fully saturated rings. The number of hydroxylamine groups is 2. The third-order valence-corrected chi connectivity index (χ3v) is 4.64. The molecule has 1 aliphatic heterocycles. The number of hydrogen-bond acceptors (Lipinski definition) is 4. The molecular weight excluding hydrogens is 276 g/mol. The van der Waals surface area contributed by atoms with Gasteiger partial charge in [-0.1, -0.05) is 43.5 Å². The fourth-order valence-electron chi connectivity index (χ4n) is 3.41. The first kappa shape index (κ1) is 18.8. The highest BCUT2D eigenvalue weighted by Crippen LogP contribution is 2.42. The Kier molecular flexibility index (Phi) is 6.27. The van der Waals surface area contributed by atoms with Gasteiger partial charge in [-0.25, -0.2) is 0 Å². The molecule has 0 saturated carbocycles. The van der Waals surface area contributed by atoms with Crippen molar-refractivity contribution in [3.63, 3.8) is 0 Å². The van der Waals surface area contributed by atoms with Crippen molar-refractivity contribution >= 4 is 0 Å². The SMILES string of the molecule is C=C/C=C(\C=C)C(C)ON1C(C)(C)CC(N=O)CC1(C)CC. The van der Waals surface area contributed by atoms with Gasteiger partial charge in [-0.05, 0) is 52.5 Å². The molecule has 0 radical (unpaired) electrons.